The summed E-state index contributed by atoms with van der Waals surface area (Å²) in [5.74, 6) is 0.00311. The molecule has 0 amide bonds. The molecule has 6 nitrogen and oxygen atoms in total. The van der Waals surface area contributed by atoms with Gasteiger partial charge in [0.25, 0.3) is 0 Å². The Labute approximate surface area is 166 Å². The highest BCUT2D eigenvalue weighted by Gasteiger charge is 2.39. The fourth-order valence-electron chi connectivity index (χ4n) is 4.00. The molecule has 147 valence electrons. The van der Waals surface area contributed by atoms with Gasteiger partial charge >= 0.3 is 0 Å². The number of benzene rings is 2. The molecule has 4 atom stereocenters. The molecule has 29 heavy (non-hydrogen) atoms. The lowest BCUT2D eigenvalue weighted by Gasteiger charge is -2.19. The topological polar surface area (TPSA) is 82.7 Å². The van der Waals surface area contributed by atoms with E-state index >= 15 is 0 Å². The zero-order valence-corrected chi connectivity index (χ0v) is 15.5. The number of aromatic nitrogens is 3. The zero-order chi connectivity index (χ0) is 20.1. The van der Waals surface area contributed by atoms with Gasteiger partial charge < -0.3 is 15.5 Å². The average Bonchev–Trinajstić information content (AvgIpc) is 3.25. The summed E-state index contributed by atoms with van der Waals surface area (Å²) in [7, 11) is 0. The Balaban J connectivity index is 1.55. The van der Waals surface area contributed by atoms with E-state index in [1.54, 1.807) is 28.9 Å². The number of aliphatic hydroxyl groups is 2. The monoisotopic (exact) mass is 391 g/mol. The van der Waals surface area contributed by atoms with Crippen LogP contribution in [0.1, 0.15) is 6.42 Å². The molecule has 2 heterocycles. The van der Waals surface area contributed by atoms with Crippen molar-refractivity contribution in [3.63, 3.8) is 0 Å². The molecule has 2 aromatic carbocycles. The highest BCUT2D eigenvalue weighted by molar-refractivity contribution is 5.87. The van der Waals surface area contributed by atoms with Crippen LogP contribution >= 0.6 is 0 Å². The van der Waals surface area contributed by atoms with Crippen LogP contribution in [-0.4, -0.2) is 43.1 Å². The van der Waals surface area contributed by atoms with Crippen LogP contribution in [0, 0.1) is 18.7 Å². The van der Waals surface area contributed by atoms with Crippen LogP contribution < -0.4 is 5.32 Å². The van der Waals surface area contributed by atoms with E-state index in [9.17, 15) is 14.6 Å². The van der Waals surface area contributed by atoms with Crippen molar-refractivity contribution in [2.24, 2.45) is 5.92 Å². The predicted octanol–water partition coefficient (Wildman–Crippen LogP) is 3.04. The van der Waals surface area contributed by atoms with Crippen molar-refractivity contribution in [2.45, 2.75) is 24.7 Å². The van der Waals surface area contributed by atoms with E-state index < -0.39 is 12.2 Å². The first-order valence-corrected chi connectivity index (χ1v) is 9.50. The zero-order valence-electron chi connectivity index (χ0n) is 15.5. The highest BCUT2D eigenvalue weighted by Crippen LogP contribution is 2.30. The molecule has 0 bridgehead atoms. The summed E-state index contributed by atoms with van der Waals surface area (Å²) < 4.78 is 16.3. The van der Waals surface area contributed by atoms with Gasteiger partial charge in [0.2, 0.25) is 0 Å². The van der Waals surface area contributed by atoms with E-state index in [1.165, 1.54) is 6.07 Å². The lowest BCUT2D eigenvalue weighted by Crippen LogP contribution is -2.35. The summed E-state index contributed by atoms with van der Waals surface area (Å²) in [5, 5.41) is 29.7. The summed E-state index contributed by atoms with van der Waals surface area (Å²) in [4.78, 5) is 4.32. The minimum Gasteiger partial charge on any atom is -0.390 e. The summed E-state index contributed by atoms with van der Waals surface area (Å²) in [6.07, 6.45) is 0.359. The number of hydrogen-bond acceptors (Lipinski definition) is 5. The van der Waals surface area contributed by atoms with E-state index in [0.29, 0.717) is 29.1 Å². The number of nitrogens with one attached hydrogen (secondary N) is 1. The fourth-order valence-corrected chi connectivity index (χ4v) is 4.00. The molecule has 0 saturated heterocycles. The summed E-state index contributed by atoms with van der Waals surface area (Å²) in [6, 6.07) is 14.0. The Morgan fingerprint density at radius 3 is 2.55 bits per heavy atom. The SMILES string of the molecule is [CH2][C@@H]1C[C@@H](Nc2ccnc3cc(-c4cc5ccccc5cc4F)nn23)[C@H](O)[C@@H]1O. The Bertz CT molecular complexity index is 1210. The third-order valence-electron chi connectivity index (χ3n) is 5.60. The van der Waals surface area contributed by atoms with Crippen LogP contribution in [0.15, 0.2) is 54.7 Å². The second kappa shape index (κ2) is 6.79. The quantitative estimate of drug-likeness (QED) is 0.500. The molecule has 0 aliphatic heterocycles. The van der Waals surface area contributed by atoms with Gasteiger partial charge in [0, 0.05) is 17.8 Å². The van der Waals surface area contributed by atoms with Gasteiger partial charge in [-0.05, 0) is 48.2 Å². The minimum absolute atomic E-state index is 0.250. The van der Waals surface area contributed by atoms with Gasteiger partial charge in [-0.2, -0.15) is 9.61 Å². The molecule has 1 saturated carbocycles. The van der Waals surface area contributed by atoms with Gasteiger partial charge in [-0.25, -0.2) is 9.37 Å². The molecule has 1 fully saturated rings. The van der Waals surface area contributed by atoms with Gasteiger partial charge in [0.05, 0.1) is 17.8 Å². The first-order valence-electron chi connectivity index (χ1n) is 9.50. The van der Waals surface area contributed by atoms with Crippen molar-refractivity contribution in [1.29, 1.82) is 0 Å². The van der Waals surface area contributed by atoms with Gasteiger partial charge in [-0.3, -0.25) is 0 Å². The van der Waals surface area contributed by atoms with Gasteiger partial charge in [-0.15, -0.1) is 0 Å². The molecule has 4 aromatic rings. The van der Waals surface area contributed by atoms with Crippen molar-refractivity contribution < 1.29 is 14.6 Å². The number of halogens is 1. The van der Waals surface area contributed by atoms with E-state index in [0.717, 1.165) is 10.8 Å². The molecule has 2 aromatic heterocycles. The predicted molar refractivity (Wildman–Crippen MR) is 109 cm³/mol. The Morgan fingerprint density at radius 1 is 1.07 bits per heavy atom. The molecule has 5 rings (SSSR count). The Morgan fingerprint density at radius 2 is 1.83 bits per heavy atom. The molecule has 1 aliphatic rings. The van der Waals surface area contributed by atoms with Crippen LogP contribution in [-0.2, 0) is 0 Å². The molecular formula is C22H20FN4O2. The first-order chi connectivity index (χ1) is 14.0. The summed E-state index contributed by atoms with van der Waals surface area (Å²) in [6.45, 7) is 3.88. The van der Waals surface area contributed by atoms with Crippen LogP contribution in [0.3, 0.4) is 0 Å². The summed E-state index contributed by atoms with van der Waals surface area (Å²) in [5.41, 5.74) is 1.42. The molecule has 3 N–H and O–H groups in total. The summed E-state index contributed by atoms with van der Waals surface area (Å²) >= 11 is 0. The molecular weight excluding hydrogens is 371 g/mol. The first kappa shape index (κ1) is 18.0. The Hall–Kier alpha value is -3.03. The largest absolute Gasteiger partial charge is 0.390 e. The average molecular weight is 391 g/mol. The maximum Gasteiger partial charge on any atom is 0.157 e. The third kappa shape index (κ3) is 3.03. The maximum atomic E-state index is 14.7. The van der Waals surface area contributed by atoms with Crippen LogP contribution in [0.2, 0.25) is 0 Å². The van der Waals surface area contributed by atoms with E-state index in [4.69, 9.17) is 0 Å². The number of anilines is 1. The normalized spacial score (nSPS) is 24.4. The minimum atomic E-state index is -0.923. The number of fused-ring (bicyclic) bond motifs is 2. The number of rotatable bonds is 3. The van der Waals surface area contributed by atoms with Gasteiger partial charge in [0.1, 0.15) is 17.7 Å². The molecule has 0 spiro atoms. The van der Waals surface area contributed by atoms with Crippen molar-refractivity contribution in [3.05, 3.63) is 67.5 Å². The molecule has 0 unspecified atom stereocenters. The number of hydrogen-bond donors (Lipinski definition) is 3. The van der Waals surface area contributed by atoms with Crippen LogP contribution in [0.4, 0.5) is 10.2 Å². The van der Waals surface area contributed by atoms with Crippen LogP contribution in [0.25, 0.3) is 27.7 Å². The van der Waals surface area contributed by atoms with Crippen LogP contribution in [0.5, 0.6) is 0 Å². The van der Waals surface area contributed by atoms with Gasteiger partial charge in [0.15, 0.2) is 5.65 Å². The Kier molecular flexibility index (Phi) is 4.22. The van der Waals surface area contributed by atoms with E-state index in [-0.39, 0.29) is 17.8 Å². The van der Waals surface area contributed by atoms with E-state index in [2.05, 4.69) is 22.3 Å². The van der Waals surface area contributed by atoms with Gasteiger partial charge in [-0.1, -0.05) is 24.3 Å². The fraction of sp³-hybridized carbons (Fsp3) is 0.227. The van der Waals surface area contributed by atoms with Crippen molar-refractivity contribution >= 4 is 22.2 Å². The molecule has 1 radical (unpaired) electrons. The van der Waals surface area contributed by atoms with Crippen molar-refractivity contribution in [1.82, 2.24) is 14.6 Å². The standard InChI is InChI=1S/C22H20FN4O2/c1-12-8-18(22(29)21(12)28)25-19-6-7-24-20-11-17(26-27(19)20)15-9-13-4-2-3-5-14(13)10-16(15)23/h2-7,9-12,18,21-22,25,28-29H,1,8H2/t12-,18-,21-,22+/m1/s1. The number of aliphatic hydroxyl groups excluding tert-OH is 2. The second-order valence-corrected chi connectivity index (χ2v) is 7.54. The highest BCUT2D eigenvalue weighted by atomic mass is 19.1. The smallest absolute Gasteiger partial charge is 0.157 e. The van der Waals surface area contributed by atoms with Crippen molar-refractivity contribution in [2.75, 3.05) is 5.32 Å². The van der Waals surface area contributed by atoms with Crippen molar-refractivity contribution in [3.8, 4) is 11.3 Å². The molecule has 7 heteroatoms. The maximum absolute atomic E-state index is 14.7. The molecule has 1 aliphatic carbocycles. The third-order valence-corrected chi connectivity index (χ3v) is 5.60. The van der Waals surface area contributed by atoms with E-state index in [1.807, 2.05) is 24.3 Å². The lowest BCUT2D eigenvalue weighted by atomic mass is 10.0. The number of nitrogens with zero attached hydrogens (tertiary/aromatic N) is 3. The second-order valence-electron chi connectivity index (χ2n) is 7.54. The lowest BCUT2D eigenvalue weighted by molar-refractivity contribution is 0.0256.